The van der Waals surface area contributed by atoms with E-state index in [-0.39, 0.29) is 6.10 Å². The Labute approximate surface area is 95.0 Å². The summed E-state index contributed by atoms with van der Waals surface area (Å²) in [6.45, 7) is 2.67. The van der Waals surface area contributed by atoms with Gasteiger partial charge in [-0.2, -0.15) is 0 Å². The van der Waals surface area contributed by atoms with E-state index >= 15 is 0 Å². The third-order valence-electron chi connectivity index (χ3n) is 3.05. The van der Waals surface area contributed by atoms with Crippen LogP contribution in [0.25, 0.3) is 0 Å². The summed E-state index contributed by atoms with van der Waals surface area (Å²) in [6.07, 6.45) is 1.25. The van der Waals surface area contributed by atoms with Crippen LogP contribution in [-0.2, 0) is 9.53 Å². The average Bonchev–Trinajstić information content (AvgIpc) is 2.30. The quantitative estimate of drug-likeness (QED) is 0.833. The van der Waals surface area contributed by atoms with Crippen molar-refractivity contribution in [3.05, 3.63) is 35.4 Å². The summed E-state index contributed by atoms with van der Waals surface area (Å²) in [5.41, 5.74) is 2.14. The molecule has 0 aliphatic carbocycles. The number of rotatable bonds is 2. The Morgan fingerprint density at radius 1 is 1.38 bits per heavy atom. The maximum atomic E-state index is 11.1. The minimum Gasteiger partial charge on any atom is -0.481 e. The van der Waals surface area contributed by atoms with Gasteiger partial charge in [-0.25, -0.2) is 0 Å². The molecule has 1 aromatic carbocycles. The van der Waals surface area contributed by atoms with Crippen LogP contribution < -0.4 is 0 Å². The molecule has 16 heavy (non-hydrogen) atoms. The highest BCUT2D eigenvalue weighted by molar-refractivity contribution is 5.71. The molecule has 1 N–H and O–H groups in total. The molecule has 0 radical (unpaired) electrons. The van der Waals surface area contributed by atoms with Crippen molar-refractivity contribution in [2.45, 2.75) is 25.9 Å². The number of carboxylic acids is 1. The third-order valence-corrected chi connectivity index (χ3v) is 3.05. The lowest BCUT2D eigenvalue weighted by Crippen LogP contribution is -2.28. The molecule has 0 bridgehead atoms. The highest BCUT2D eigenvalue weighted by atomic mass is 16.5. The van der Waals surface area contributed by atoms with Gasteiger partial charge in [-0.15, -0.1) is 0 Å². The van der Waals surface area contributed by atoms with E-state index in [1.165, 1.54) is 5.56 Å². The van der Waals surface area contributed by atoms with Gasteiger partial charge in [0.1, 0.15) is 0 Å². The first kappa shape index (κ1) is 11.1. The Bertz CT molecular complexity index is 369. The van der Waals surface area contributed by atoms with E-state index in [1.807, 2.05) is 31.2 Å². The summed E-state index contributed by atoms with van der Waals surface area (Å²) >= 11 is 0. The van der Waals surface area contributed by atoms with Crippen molar-refractivity contribution >= 4 is 5.97 Å². The van der Waals surface area contributed by atoms with E-state index in [0.29, 0.717) is 13.0 Å². The molecular weight excluding hydrogens is 204 g/mol. The molecule has 0 amide bonds. The molecule has 2 rings (SSSR count). The van der Waals surface area contributed by atoms with E-state index in [1.54, 1.807) is 0 Å². The fourth-order valence-electron chi connectivity index (χ4n) is 2.12. The van der Waals surface area contributed by atoms with Crippen molar-refractivity contribution in [2.75, 3.05) is 6.61 Å². The molecule has 1 aromatic rings. The molecule has 3 heteroatoms. The fourth-order valence-corrected chi connectivity index (χ4v) is 2.12. The topological polar surface area (TPSA) is 46.5 Å². The lowest BCUT2D eigenvalue weighted by atomic mass is 9.89. The zero-order chi connectivity index (χ0) is 11.5. The number of hydrogen-bond donors (Lipinski definition) is 1. The SMILES string of the molecule is Cc1ccc([C@@H]2OCCC[C@@H]2C(=O)O)cc1. The third kappa shape index (κ3) is 2.25. The number of benzene rings is 1. The van der Waals surface area contributed by atoms with Gasteiger partial charge in [0.05, 0.1) is 12.0 Å². The Balaban J connectivity index is 2.23. The van der Waals surface area contributed by atoms with Crippen molar-refractivity contribution in [2.24, 2.45) is 5.92 Å². The Morgan fingerprint density at radius 3 is 2.69 bits per heavy atom. The summed E-state index contributed by atoms with van der Waals surface area (Å²) in [4.78, 5) is 11.1. The summed E-state index contributed by atoms with van der Waals surface area (Å²) in [5.74, 6) is -1.17. The number of aryl methyl sites for hydroxylation is 1. The maximum absolute atomic E-state index is 11.1. The second-order valence-corrected chi connectivity index (χ2v) is 4.29. The van der Waals surface area contributed by atoms with Gasteiger partial charge in [0, 0.05) is 6.61 Å². The molecule has 86 valence electrons. The molecule has 2 atom stereocenters. The van der Waals surface area contributed by atoms with Crippen LogP contribution in [0.5, 0.6) is 0 Å². The van der Waals surface area contributed by atoms with Gasteiger partial charge >= 0.3 is 5.97 Å². The zero-order valence-corrected chi connectivity index (χ0v) is 9.35. The molecule has 1 heterocycles. The summed E-state index contributed by atoms with van der Waals surface area (Å²) in [7, 11) is 0. The smallest absolute Gasteiger partial charge is 0.309 e. The molecular formula is C13H16O3. The van der Waals surface area contributed by atoms with Crippen LogP contribution in [0.2, 0.25) is 0 Å². The summed E-state index contributed by atoms with van der Waals surface area (Å²) in [5, 5.41) is 9.14. The molecule has 1 aliphatic rings. The van der Waals surface area contributed by atoms with Crippen LogP contribution in [0.3, 0.4) is 0 Å². The van der Waals surface area contributed by atoms with Crippen LogP contribution >= 0.6 is 0 Å². The van der Waals surface area contributed by atoms with E-state index < -0.39 is 11.9 Å². The second-order valence-electron chi connectivity index (χ2n) is 4.29. The Morgan fingerprint density at radius 2 is 2.06 bits per heavy atom. The number of ether oxygens (including phenoxy) is 1. The van der Waals surface area contributed by atoms with E-state index in [2.05, 4.69) is 0 Å². The highest BCUT2D eigenvalue weighted by Crippen LogP contribution is 2.33. The number of aliphatic carboxylic acids is 1. The predicted octanol–water partition coefficient (Wildman–Crippen LogP) is 2.55. The molecule has 0 saturated carbocycles. The number of carboxylic acid groups (broad SMARTS) is 1. The minimum absolute atomic E-state index is 0.285. The fraction of sp³-hybridized carbons (Fsp3) is 0.462. The predicted molar refractivity (Wildman–Crippen MR) is 60.2 cm³/mol. The maximum Gasteiger partial charge on any atom is 0.309 e. The molecule has 3 nitrogen and oxygen atoms in total. The van der Waals surface area contributed by atoms with Gasteiger partial charge in [-0.3, -0.25) is 4.79 Å². The zero-order valence-electron chi connectivity index (χ0n) is 9.35. The number of hydrogen-bond acceptors (Lipinski definition) is 2. The van der Waals surface area contributed by atoms with Crippen molar-refractivity contribution < 1.29 is 14.6 Å². The van der Waals surface area contributed by atoms with Gasteiger partial charge in [0.2, 0.25) is 0 Å². The minimum atomic E-state index is -0.759. The van der Waals surface area contributed by atoms with E-state index in [0.717, 1.165) is 12.0 Å². The van der Waals surface area contributed by atoms with Crippen LogP contribution in [0.15, 0.2) is 24.3 Å². The van der Waals surface area contributed by atoms with Crippen LogP contribution in [0.4, 0.5) is 0 Å². The summed E-state index contributed by atoms with van der Waals surface area (Å²) in [6, 6.07) is 7.90. The van der Waals surface area contributed by atoms with Gasteiger partial charge in [0.15, 0.2) is 0 Å². The van der Waals surface area contributed by atoms with Gasteiger partial charge in [0.25, 0.3) is 0 Å². The first-order valence-corrected chi connectivity index (χ1v) is 5.59. The van der Waals surface area contributed by atoms with Crippen molar-refractivity contribution in [1.29, 1.82) is 0 Å². The molecule has 1 saturated heterocycles. The number of carbonyl (C=O) groups is 1. The monoisotopic (exact) mass is 220 g/mol. The largest absolute Gasteiger partial charge is 0.481 e. The average molecular weight is 220 g/mol. The first-order valence-electron chi connectivity index (χ1n) is 5.59. The van der Waals surface area contributed by atoms with E-state index in [4.69, 9.17) is 9.84 Å². The molecule has 0 aromatic heterocycles. The molecule has 1 fully saturated rings. The van der Waals surface area contributed by atoms with E-state index in [9.17, 15) is 4.79 Å². The first-order chi connectivity index (χ1) is 7.68. The Kier molecular flexibility index (Phi) is 3.25. The standard InChI is InChI=1S/C13H16O3/c1-9-4-6-10(7-5-9)12-11(13(14)15)3-2-8-16-12/h4-7,11-12H,2-3,8H2,1H3,(H,14,15)/t11-,12-/m0/s1. The van der Waals surface area contributed by atoms with Crippen molar-refractivity contribution in [3.8, 4) is 0 Å². The molecule has 0 spiro atoms. The van der Waals surface area contributed by atoms with Crippen LogP contribution in [-0.4, -0.2) is 17.7 Å². The van der Waals surface area contributed by atoms with Gasteiger partial charge in [-0.05, 0) is 25.3 Å². The highest BCUT2D eigenvalue weighted by Gasteiger charge is 2.32. The second kappa shape index (κ2) is 4.66. The van der Waals surface area contributed by atoms with Gasteiger partial charge < -0.3 is 9.84 Å². The Hall–Kier alpha value is -1.35. The normalized spacial score (nSPS) is 25.3. The van der Waals surface area contributed by atoms with Crippen molar-refractivity contribution in [1.82, 2.24) is 0 Å². The lowest BCUT2D eigenvalue weighted by molar-refractivity contribution is -0.151. The lowest BCUT2D eigenvalue weighted by Gasteiger charge is -2.29. The molecule has 1 aliphatic heterocycles. The van der Waals surface area contributed by atoms with Gasteiger partial charge in [-0.1, -0.05) is 29.8 Å². The van der Waals surface area contributed by atoms with Crippen molar-refractivity contribution in [3.63, 3.8) is 0 Å². The van der Waals surface area contributed by atoms with Crippen LogP contribution in [0, 0.1) is 12.8 Å². The molecule has 0 unspecified atom stereocenters. The van der Waals surface area contributed by atoms with Crippen LogP contribution in [0.1, 0.15) is 30.1 Å². The summed E-state index contributed by atoms with van der Waals surface area (Å²) < 4.78 is 5.60.